The number of unbranched alkanes of at least 4 members (excludes halogenated alkanes) is 1. The summed E-state index contributed by atoms with van der Waals surface area (Å²) in [6.45, 7) is 2.14. The van der Waals surface area contributed by atoms with Gasteiger partial charge in [-0.1, -0.05) is 61.3 Å². The Morgan fingerprint density at radius 2 is 1.26 bits per heavy atom. The molecule has 168 valence electrons. The molecule has 0 spiro atoms. The SMILES string of the molecule is CCCCc1ccc(C#Cc2cc(F)c(C#Cc3ccc4c(F)c(F)ccc4c3)c(F)c2)cc1. The van der Waals surface area contributed by atoms with Gasteiger partial charge in [0.2, 0.25) is 0 Å². The molecule has 0 saturated heterocycles. The maximum absolute atomic E-state index is 14.6. The third-order valence-corrected chi connectivity index (χ3v) is 5.40. The van der Waals surface area contributed by atoms with Gasteiger partial charge in [0.25, 0.3) is 0 Å². The molecule has 0 amide bonds. The van der Waals surface area contributed by atoms with Crippen LogP contribution >= 0.6 is 0 Å². The van der Waals surface area contributed by atoms with Gasteiger partial charge in [0.1, 0.15) is 11.6 Å². The number of hydrogen-bond acceptors (Lipinski definition) is 0. The molecule has 4 aromatic carbocycles. The summed E-state index contributed by atoms with van der Waals surface area (Å²) in [6.07, 6.45) is 3.26. The molecule has 0 unspecified atom stereocenters. The Bertz CT molecular complexity index is 1450. The first kappa shape index (κ1) is 23.1. The maximum atomic E-state index is 14.6. The zero-order valence-electron chi connectivity index (χ0n) is 18.5. The van der Waals surface area contributed by atoms with Gasteiger partial charge in [-0.3, -0.25) is 0 Å². The molecule has 0 aliphatic rings. The number of aryl methyl sites for hydroxylation is 1. The lowest BCUT2D eigenvalue weighted by Crippen LogP contribution is -1.93. The summed E-state index contributed by atoms with van der Waals surface area (Å²) in [5.74, 6) is 7.37. The largest absolute Gasteiger partial charge is 0.205 e. The van der Waals surface area contributed by atoms with E-state index in [2.05, 4.69) is 30.6 Å². The molecule has 0 heterocycles. The molecule has 0 nitrogen and oxygen atoms in total. The summed E-state index contributed by atoms with van der Waals surface area (Å²) in [4.78, 5) is 0. The van der Waals surface area contributed by atoms with E-state index in [-0.39, 0.29) is 16.5 Å². The molecule has 0 N–H and O–H groups in total. The van der Waals surface area contributed by atoms with Crippen LogP contribution < -0.4 is 0 Å². The van der Waals surface area contributed by atoms with Crippen LogP contribution in [0.1, 0.15) is 47.6 Å². The van der Waals surface area contributed by atoms with Crippen LogP contribution in [-0.2, 0) is 6.42 Å². The molecular weight excluding hydrogens is 436 g/mol. The molecule has 0 aromatic heterocycles. The standard InChI is InChI=1S/C30H20F4/c1-2-3-4-20-5-7-21(8-6-20)9-10-23-18-28(32)26(29(33)19-23)15-12-22-11-14-25-24(17-22)13-16-27(31)30(25)34/h5-8,11,13-14,16-19H,2-4H2,1H3. The second-order valence-electron chi connectivity index (χ2n) is 7.91. The van der Waals surface area contributed by atoms with Gasteiger partial charge >= 0.3 is 0 Å². The van der Waals surface area contributed by atoms with Crippen molar-refractivity contribution in [2.45, 2.75) is 26.2 Å². The lowest BCUT2D eigenvalue weighted by Gasteiger charge is -2.02. The van der Waals surface area contributed by atoms with Crippen molar-refractivity contribution in [3.63, 3.8) is 0 Å². The molecule has 0 atom stereocenters. The van der Waals surface area contributed by atoms with Crippen molar-refractivity contribution in [2.75, 3.05) is 0 Å². The number of fused-ring (bicyclic) bond motifs is 1. The average molecular weight is 456 g/mol. The topological polar surface area (TPSA) is 0 Å². The Hall–Kier alpha value is -4.02. The molecule has 4 rings (SSSR count). The minimum absolute atomic E-state index is 0.112. The van der Waals surface area contributed by atoms with E-state index in [1.54, 1.807) is 0 Å². The van der Waals surface area contributed by atoms with Crippen molar-refractivity contribution in [3.8, 4) is 23.7 Å². The Morgan fingerprint density at radius 1 is 0.618 bits per heavy atom. The van der Waals surface area contributed by atoms with E-state index >= 15 is 0 Å². The predicted molar refractivity (Wildman–Crippen MR) is 127 cm³/mol. The second-order valence-corrected chi connectivity index (χ2v) is 7.91. The van der Waals surface area contributed by atoms with E-state index < -0.39 is 23.3 Å². The first-order valence-electron chi connectivity index (χ1n) is 10.9. The Balaban J connectivity index is 1.55. The van der Waals surface area contributed by atoms with Gasteiger partial charge in [-0.25, -0.2) is 17.6 Å². The summed E-state index contributed by atoms with van der Waals surface area (Å²) in [6, 6.07) is 17.0. The fourth-order valence-corrected chi connectivity index (χ4v) is 3.52. The van der Waals surface area contributed by atoms with Crippen LogP contribution in [0.5, 0.6) is 0 Å². The van der Waals surface area contributed by atoms with Crippen LogP contribution in [-0.4, -0.2) is 0 Å². The summed E-state index contributed by atoms with van der Waals surface area (Å²) >= 11 is 0. The van der Waals surface area contributed by atoms with Crippen molar-refractivity contribution in [2.24, 2.45) is 0 Å². The Morgan fingerprint density at radius 3 is 1.97 bits per heavy atom. The number of halogens is 4. The van der Waals surface area contributed by atoms with E-state index in [1.807, 2.05) is 24.3 Å². The highest BCUT2D eigenvalue weighted by Crippen LogP contribution is 2.22. The van der Waals surface area contributed by atoms with Crippen LogP contribution in [0.4, 0.5) is 17.6 Å². The highest BCUT2D eigenvalue weighted by atomic mass is 19.2. The third kappa shape index (κ3) is 5.30. The maximum Gasteiger partial charge on any atom is 0.166 e. The minimum Gasteiger partial charge on any atom is -0.205 e. The first-order valence-corrected chi connectivity index (χ1v) is 10.9. The smallest absolute Gasteiger partial charge is 0.166 e. The minimum atomic E-state index is -0.946. The summed E-state index contributed by atoms with van der Waals surface area (Å²) in [7, 11) is 0. The van der Waals surface area contributed by atoms with Gasteiger partial charge in [-0.05, 0) is 66.3 Å². The van der Waals surface area contributed by atoms with Gasteiger partial charge in [-0.15, -0.1) is 0 Å². The molecule has 34 heavy (non-hydrogen) atoms. The van der Waals surface area contributed by atoms with Gasteiger partial charge in [0, 0.05) is 22.1 Å². The fourth-order valence-electron chi connectivity index (χ4n) is 3.52. The second kappa shape index (κ2) is 10.3. The van der Waals surface area contributed by atoms with Crippen molar-refractivity contribution in [3.05, 3.63) is 118 Å². The first-order chi connectivity index (χ1) is 16.4. The normalized spacial score (nSPS) is 10.4. The van der Waals surface area contributed by atoms with Crippen LogP contribution in [0.3, 0.4) is 0 Å². The molecular formula is C30H20F4. The average Bonchev–Trinajstić information content (AvgIpc) is 2.84. The van der Waals surface area contributed by atoms with E-state index in [0.29, 0.717) is 10.9 Å². The monoisotopic (exact) mass is 456 g/mol. The highest BCUT2D eigenvalue weighted by molar-refractivity contribution is 5.84. The summed E-state index contributed by atoms with van der Waals surface area (Å²) in [5.41, 5.74) is 2.24. The molecule has 0 aliphatic heterocycles. The molecule has 4 aromatic rings. The van der Waals surface area contributed by atoms with Crippen LogP contribution in [0.15, 0.2) is 66.7 Å². The van der Waals surface area contributed by atoms with Crippen molar-refractivity contribution in [1.82, 2.24) is 0 Å². The zero-order chi connectivity index (χ0) is 24.1. The van der Waals surface area contributed by atoms with Gasteiger partial charge < -0.3 is 0 Å². The van der Waals surface area contributed by atoms with Gasteiger partial charge in [0.15, 0.2) is 11.6 Å². The summed E-state index contributed by atoms with van der Waals surface area (Å²) < 4.78 is 56.3. The van der Waals surface area contributed by atoms with Crippen molar-refractivity contribution in [1.29, 1.82) is 0 Å². The molecule has 0 saturated carbocycles. The lowest BCUT2D eigenvalue weighted by molar-refractivity contribution is 0.517. The lowest BCUT2D eigenvalue weighted by atomic mass is 10.1. The number of benzene rings is 4. The number of rotatable bonds is 3. The van der Waals surface area contributed by atoms with Crippen LogP contribution in [0, 0.1) is 47.0 Å². The molecule has 0 radical (unpaired) electrons. The van der Waals surface area contributed by atoms with Gasteiger partial charge in [-0.2, -0.15) is 0 Å². The molecule has 0 fully saturated rings. The zero-order valence-corrected chi connectivity index (χ0v) is 18.5. The third-order valence-electron chi connectivity index (χ3n) is 5.40. The van der Waals surface area contributed by atoms with E-state index in [4.69, 9.17) is 0 Å². The summed E-state index contributed by atoms with van der Waals surface area (Å²) in [5, 5.41) is 0.553. The quantitative estimate of drug-likeness (QED) is 0.221. The molecule has 0 aliphatic carbocycles. The fraction of sp³-hybridized carbons (Fsp3) is 0.133. The van der Waals surface area contributed by atoms with Crippen LogP contribution in [0.2, 0.25) is 0 Å². The van der Waals surface area contributed by atoms with E-state index in [0.717, 1.165) is 43.0 Å². The van der Waals surface area contributed by atoms with Crippen LogP contribution in [0.25, 0.3) is 10.8 Å². The van der Waals surface area contributed by atoms with Gasteiger partial charge in [0.05, 0.1) is 5.56 Å². The predicted octanol–water partition coefficient (Wildman–Crippen LogP) is 7.54. The van der Waals surface area contributed by atoms with E-state index in [1.165, 1.54) is 29.8 Å². The Kier molecular flexibility index (Phi) is 7.00. The number of hydrogen-bond donors (Lipinski definition) is 0. The Labute approximate surface area is 196 Å². The molecule has 4 heteroatoms. The molecule has 0 bridgehead atoms. The van der Waals surface area contributed by atoms with Crippen molar-refractivity contribution < 1.29 is 17.6 Å². The highest BCUT2D eigenvalue weighted by Gasteiger charge is 2.09. The van der Waals surface area contributed by atoms with Crippen molar-refractivity contribution >= 4 is 10.8 Å². The van der Waals surface area contributed by atoms with E-state index in [9.17, 15) is 17.6 Å².